The number of nitrogens with one attached hydrogen (secondary N) is 1. The molecule has 0 saturated carbocycles. The second-order valence-electron chi connectivity index (χ2n) is 6.54. The van der Waals surface area contributed by atoms with E-state index < -0.39 is 0 Å². The number of benzene rings is 2. The molecule has 0 aliphatic rings. The molecule has 1 aromatic heterocycles. The fourth-order valence-electron chi connectivity index (χ4n) is 3.19. The normalized spacial score (nSPS) is 11.1. The molecule has 3 rings (SSSR count). The van der Waals surface area contributed by atoms with E-state index in [-0.39, 0.29) is 0 Å². The molecule has 3 aromatic rings. The van der Waals surface area contributed by atoms with Gasteiger partial charge in [0.1, 0.15) is 0 Å². The Balaban J connectivity index is 1.74. The second-order valence-corrected chi connectivity index (χ2v) is 7.38. The molecule has 2 aromatic carbocycles. The maximum Gasteiger partial charge on any atom is 0.161 e. The Morgan fingerprint density at radius 3 is 2.48 bits per heavy atom. The van der Waals surface area contributed by atoms with Crippen LogP contribution in [0.5, 0.6) is 11.5 Å². The molecule has 7 heteroatoms. The van der Waals surface area contributed by atoms with Crippen molar-refractivity contribution in [2.75, 3.05) is 14.2 Å². The summed E-state index contributed by atoms with van der Waals surface area (Å²) in [4.78, 5) is 0. The summed E-state index contributed by atoms with van der Waals surface area (Å²) >= 11 is 12.5. The third-order valence-corrected chi connectivity index (χ3v) is 5.20. The van der Waals surface area contributed by atoms with Crippen molar-refractivity contribution in [3.05, 3.63) is 75.0 Å². The number of aryl methyl sites for hydroxylation is 1. The van der Waals surface area contributed by atoms with Crippen LogP contribution >= 0.6 is 23.2 Å². The molecule has 1 N–H and O–H groups in total. The Morgan fingerprint density at radius 1 is 1.00 bits per heavy atom. The first-order valence-electron chi connectivity index (χ1n) is 9.05. The van der Waals surface area contributed by atoms with Gasteiger partial charge in [0.2, 0.25) is 0 Å². The molecule has 0 aliphatic carbocycles. The van der Waals surface area contributed by atoms with Crippen LogP contribution in [-0.2, 0) is 6.54 Å². The molecule has 0 amide bonds. The lowest BCUT2D eigenvalue weighted by Gasteiger charge is -2.12. The average Bonchev–Trinajstić information content (AvgIpc) is 3.00. The molecule has 5 nitrogen and oxygen atoms in total. The lowest BCUT2D eigenvalue weighted by atomic mass is 10.2. The summed E-state index contributed by atoms with van der Waals surface area (Å²) in [5, 5.41) is 5.65. The summed E-state index contributed by atoms with van der Waals surface area (Å²) in [6.07, 6.45) is 1.80. The van der Waals surface area contributed by atoms with Gasteiger partial charge in [-0.1, -0.05) is 29.3 Å². The third-order valence-electron chi connectivity index (χ3n) is 4.65. The minimum atomic E-state index is 0.565. The van der Waals surface area contributed by atoms with Gasteiger partial charge in [-0.3, -0.25) is 0 Å². The van der Waals surface area contributed by atoms with Crippen molar-refractivity contribution in [3.8, 4) is 17.2 Å². The van der Waals surface area contributed by atoms with Crippen LogP contribution in [-0.4, -0.2) is 25.0 Å². The van der Waals surface area contributed by atoms with Gasteiger partial charge < -0.3 is 19.5 Å². The molecule has 0 saturated heterocycles. The van der Waals surface area contributed by atoms with Crippen molar-refractivity contribution < 1.29 is 9.47 Å². The van der Waals surface area contributed by atoms with Gasteiger partial charge >= 0.3 is 0 Å². The topological polar surface area (TPSA) is 47.8 Å². The Morgan fingerprint density at radius 2 is 1.76 bits per heavy atom. The van der Waals surface area contributed by atoms with Crippen molar-refractivity contribution in [3.63, 3.8) is 0 Å². The number of ether oxygens (including phenoxy) is 2. The predicted octanol–water partition coefficient (Wildman–Crippen LogP) is 5.54. The molecule has 29 heavy (non-hydrogen) atoms. The summed E-state index contributed by atoms with van der Waals surface area (Å²) in [5.74, 6) is 1.39. The first kappa shape index (κ1) is 21.1. The van der Waals surface area contributed by atoms with E-state index in [2.05, 4.69) is 21.2 Å². The molecule has 0 spiro atoms. The van der Waals surface area contributed by atoms with Crippen molar-refractivity contribution in [1.29, 1.82) is 0 Å². The highest BCUT2D eigenvalue weighted by Crippen LogP contribution is 2.29. The fourth-order valence-corrected chi connectivity index (χ4v) is 3.56. The molecule has 0 aliphatic heterocycles. The Labute approximate surface area is 180 Å². The molecule has 0 unspecified atom stereocenters. The maximum atomic E-state index is 6.38. The van der Waals surface area contributed by atoms with Gasteiger partial charge in [0.05, 0.1) is 37.7 Å². The van der Waals surface area contributed by atoms with Gasteiger partial charge in [0.25, 0.3) is 0 Å². The number of methoxy groups -OCH3 is 2. The van der Waals surface area contributed by atoms with Gasteiger partial charge in [-0.05, 0) is 55.8 Å². The Hall–Kier alpha value is -2.63. The van der Waals surface area contributed by atoms with Crippen LogP contribution in [0.4, 0.5) is 0 Å². The summed E-state index contributed by atoms with van der Waals surface area (Å²) in [7, 11) is 3.24. The highest BCUT2D eigenvalue weighted by molar-refractivity contribution is 6.34. The number of hydrogen-bond acceptors (Lipinski definition) is 4. The standard InChI is InChI=1S/C22H23Cl2N3O2/c1-14-9-17(15(2)27(14)20-11-18(23)6-7-19(20)24)13-26-25-12-16-5-8-21(28-3)22(10-16)29-4/h5-11,13,25H,12H2,1-4H3/b26-13+. The zero-order chi connectivity index (χ0) is 21.0. The smallest absolute Gasteiger partial charge is 0.161 e. The largest absolute Gasteiger partial charge is 0.493 e. The second kappa shape index (κ2) is 9.25. The Bertz CT molecular complexity index is 1040. The molecule has 152 valence electrons. The number of nitrogens with zero attached hydrogens (tertiary/aromatic N) is 2. The van der Waals surface area contributed by atoms with Crippen LogP contribution in [0.1, 0.15) is 22.5 Å². The molecule has 0 atom stereocenters. The number of hydrazone groups is 1. The van der Waals surface area contributed by atoms with Crippen molar-refractivity contribution in [2.45, 2.75) is 20.4 Å². The molecule has 1 heterocycles. The van der Waals surface area contributed by atoms with E-state index in [0.29, 0.717) is 28.1 Å². The van der Waals surface area contributed by atoms with Crippen LogP contribution in [0, 0.1) is 13.8 Å². The van der Waals surface area contributed by atoms with Gasteiger partial charge in [0.15, 0.2) is 11.5 Å². The average molecular weight is 432 g/mol. The lowest BCUT2D eigenvalue weighted by molar-refractivity contribution is 0.354. The van der Waals surface area contributed by atoms with Crippen LogP contribution in [0.15, 0.2) is 47.6 Å². The van der Waals surface area contributed by atoms with Gasteiger partial charge in [-0.25, -0.2) is 0 Å². The number of rotatable bonds is 7. The summed E-state index contributed by atoms with van der Waals surface area (Å²) < 4.78 is 12.7. The highest BCUT2D eigenvalue weighted by atomic mass is 35.5. The van der Waals surface area contributed by atoms with Crippen molar-refractivity contribution in [2.24, 2.45) is 5.10 Å². The van der Waals surface area contributed by atoms with E-state index in [1.54, 1.807) is 32.6 Å². The minimum absolute atomic E-state index is 0.565. The summed E-state index contributed by atoms with van der Waals surface area (Å²) in [5.41, 5.74) is 8.04. The molecule has 0 radical (unpaired) electrons. The highest BCUT2D eigenvalue weighted by Gasteiger charge is 2.12. The van der Waals surface area contributed by atoms with Crippen LogP contribution < -0.4 is 14.9 Å². The first-order valence-corrected chi connectivity index (χ1v) is 9.81. The monoisotopic (exact) mass is 431 g/mol. The van der Waals surface area contributed by atoms with Gasteiger partial charge in [-0.15, -0.1) is 0 Å². The Kier molecular flexibility index (Phi) is 6.72. The fraction of sp³-hybridized carbons (Fsp3) is 0.227. The van der Waals surface area contributed by atoms with E-state index in [4.69, 9.17) is 32.7 Å². The van der Waals surface area contributed by atoms with E-state index in [0.717, 1.165) is 28.2 Å². The molecular weight excluding hydrogens is 409 g/mol. The number of hydrogen-bond donors (Lipinski definition) is 1. The van der Waals surface area contributed by atoms with E-state index in [9.17, 15) is 0 Å². The molecule has 0 bridgehead atoms. The zero-order valence-corrected chi connectivity index (χ0v) is 18.3. The zero-order valence-electron chi connectivity index (χ0n) is 16.8. The number of aromatic nitrogens is 1. The summed E-state index contributed by atoms with van der Waals surface area (Å²) in [6, 6.07) is 13.3. The van der Waals surface area contributed by atoms with Gasteiger partial charge in [0, 0.05) is 22.0 Å². The quantitative estimate of drug-likeness (QED) is 0.394. The van der Waals surface area contributed by atoms with E-state index >= 15 is 0 Å². The minimum Gasteiger partial charge on any atom is -0.493 e. The molecular formula is C22H23Cl2N3O2. The lowest BCUT2D eigenvalue weighted by Crippen LogP contribution is -2.06. The van der Waals surface area contributed by atoms with Crippen LogP contribution in [0.2, 0.25) is 10.0 Å². The maximum absolute atomic E-state index is 6.38. The molecule has 0 fully saturated rings. The third kappa shape index (κ3) is 4.69. The van der Waals surface area contributed by atoms with Crippen molar-refractivity contribution >= 4 is 29.4 Å². The van der Waals surface area contributed by atoms with E-state index in [1.807, 2.05) is 38.1 Å². The summed E-state index contributed by atoms with van der Waals surface area (Å²) in [6.45, 7) is 4.62. The van der Waals surface area contributed by atoms with Gasteiger partial charge in [-0.2, -0.15) is 5.10 Å². The van der Waals surface area contributed by atoms with Crippen LogP contribution in [0.25, 0.3) is 5.69 Å². The predicted molar refractivity (Wildman–Crippen MR) is 119 cm³/mol. The first-order chi connectivity index (χ1) is 13.9. The SMILES string of the molecule is COc1ccc(CN/N=C/c2cc(C)n(-c3cc(Cl)ccc3Cl)c2C)cc1OC. The number of halogens is 2. The van der Waals surface area contributed by atoms with E-state index in [1.165, 1.54) is 0 Å². The van der Waals surface area contributed by atoms with Crippen LogP contribution in [0.3, 0.4) is 0 Å². The van der Waals surface area contributed by atoms with Crippen molar-refractivity contribution in [1.82, 2.24) is 9.99 Å².